The summed E-state index contributed by atoms with van der Waals surface area (Å²) in [5, 5.41) is -0.689. The Balaban J connectivity index is 3.16. The third kappa shape index (κ3) is 2.95. The molecular weight excluding hydrogens is 243 g/mol. The highest BCUT2D eigenvalue weighted by atomic mass is 32.2. The molecule has 1 atom stereocenters. The molecule has 0 spiro atoms. The van der Waals surface area contributed by atoms with Crippen LogP contribution in [0.5, 0.6) is 0 Å². The summed E-state index contributed by atoms with van der Waals surface area (Å²) < 4.78 is 38.5. The Hall–Kier alpha value is -1.14. The van der Waals surface area contributed by atoms with E-state index >= 15 is 0 Å². The van der Waals surface area contributed by atoms with Gasteiger partial charge in [-0.3, -0.25) is 4.31 Å². The smallest absolute Gasteiger partial charge is 0.239 e. The molecule has 0 aromatic heterocycles. The van der Waals surface area contributed by atoms with E-state index in [9.17, 15) is 12.8 Å². The molecule has 0 bridgehead atoms. The zero-order valence-electron chi connectivity index (χ0n) is 9.93. The largest absolute Gasteiger partial charge is 0.329 e. The van der Waals surface area contributed by atoms with Gasteiger partial charge in [0.05, 0.1) is 10.9 Å². The third-order valence-corrected chi connectivity index (χ3v) is 4.82. The van der Waals surface area contributed by atoms with E-state index in [1.807, 2.05) is 0 Å². The first-order valence-corrected chi connectivity index (χ1v) is 6.91. The highest BCUT2D eigenvalue weighted by Gasteiger charge is 2.27. The predicted molar refractivity (Wildman–Crippen MR) is 66.9 cm³/mol. The summed E-state index contributed by atoms with van der Waals surface area (Å²) in [5.74, 6) is -0.462. The van der Waals surface area contributed by atoms with Gasteiger partial charge in [-0.2, -0.15) is 0 Å². The summed E-state index contributed by atoms with van der Waals surface area (Å²) in [6.07, 6.45) is 0. The van der Waals surface area contributed by atoms with E-state index in [0.717, 1.165) is 0 Å². The SMILES string of the molecule is CCN(c1cccc(F)c1)S(=O)(=O)C(C)CN. The zero-order valence-corrected chi connectivity index (χ0v) is 10.7. The van der Waals surface area contributed by atoms with E-state index in [1.165, 1.54) is 29.4 Å². The fourth-order valence-electron chi connectivity index (χ4n) is 1.48. The van der Waals surface area contributed by atoms with Crippen LogP contribution in [0.25, 0.3) is 0 Å². The average molecular weight is 260 g/mol. The van der Waals surface area contributed by atoms with Crippen LogP contribution in [0.3, 0.4) is 0 Å². The van der Waals surface area contributed by atoms with Crippen LogP contribution >= 0.6 is 0 Å². The summed E-state index contributed by atoms with van der Waals surface area (Å²) in [7, 11) is -3.53. The van der Waals surface area contributed by atoms with Gasteiger partial charge < -0.3 is 5.73 Å². The number of nitrogens with two attached hydrogens (primary N) is 1. The minimum absolute atomic E-state index is 0.0359. The molecule has 0 saturated carbocycles. The van der Waals surface area contributed by atoms with Gasteiger partial charge in [-0.1, -0.05) is 6.07 Å². The van der Waals surface area contributed by atoms with Crippen LogP contribution in [0.4, 0.5) is 10.1 Å². The van der Waals surface area contributed by atoms with E-state index in [0.29, 0.717) is 5.69 Å². The topological polar surface area (TPSA) is 63.4 Å². The Kier molecular flexibility index (Phi) is 4.47. The van der Waals surface area contributed by atoms with E-state index in [1.54, 1.807) is 13.0 Å². The van der Waals surface area contributed by atoms with E-state index in [-0.39, 0.29) is 13.1 Å². The van der Waals surface area contributed by atoms with Gasteiger partial charge in [0.2, 0.25) is 10.0 Å². The van der Waals surface area contributed by atoms with Crippen molar-refractivity contribution >= 4 is 15.7 Å². The molecule has 1 rings (SSSR count). The summed E-state index contributed by atoms with van der Waals surface area (Å²) >= 11 is 0. The highest BCUT2D eigenvalue weighted by molar-refractivity contribution is 7.93. The average Bonchev–Trinajstić information content (AvgIpc) is 2.28. The van der Waals surface area contributed by atoms with Crippen molar-refractivity contribution in [2.45, 2.75) is 19.1 Å². The van der Waals surface area contributed by atoms with Gasteiger partial charge in [0.15, 0.2) is 0 Å². The van der Waals surface area contributed by atoms with Crippen LogP contribution in [0.2, 0.25) is 0 Å². The van der Waals surface area contributed by atoms with Crippen LogP contribution in [-0.4, -0.2) is 26.8 Å². The lowest BCUT2D eigenvalue weighted by atomic mass is 10.3. The standard InChI is InChI=1S/C11H17FN2O2S/c1-3-14(17(15,16)9(2)8-13)11-6-4-5-10(12)7-11/h4-7,9H,3,8,13H2,1-2H3. The molecule has 1 unspecified atom stereocenters. The van der Waals surface area contributed by atoms with Crippen molar-refractivity contribution in [2.24, 2.45) is 5.73 Å². The van der Waals surface area contributed by atoms with Gasteiger partial charge >= 0.3 is 0 Å². The quantitative estimate of drug-likeness (QED) is 0.868. The maximum absolute atomic E-state index is 13.1. The van der Waals surface area contributed by atoms with Gasteiger partial charge in [0, 0.05) is 13.1 Å². The maximum atomic E-state index is 13.1. The maximum Gasteiger partial charge on any atom is 0.239 e. The normalized spacial score (nSPS) is 13.4. The molecule has 0 fully saturated rings. The van der Waals surface area contributed by atoms with Crippen molar-refractivity contribution in [1.82, 2.24) is 0 Å². The second-order valence-corrected chi connectivity index (χ2v) is 6.01. The number of hydrogen-bond donors (Lipinski definition) is 1. The molecule has 0 aliphatic carbocycles. The van der Waals surface area contributed by atoms with Crippen LogP contribution < -0.4 is 10.0 Å². The van der Waals surface area contributed by atoms with E-state index in [4.69, 9.17) is 5.73 Å². The fourth-order valence-corrected chi connectivity index (χ4v) is 2.92. The van der Waals surface area contributed by atoms with Gasteiger partial charge in [-0.05, 0) is 32.0 Å². The Bertz CT molecular complexity index is 476. The molecule has 0 amide bonds. The summed E-state index contributed by atoms with van der Waals surface area (Å²) in [4.78, 5) is 0. The molecule has 0 aliphatic heterocycles. The molecule has 0 radical (unpaired) electrons. The van der Waals surface area contributed by atoms with Gasteiger partial charge in [-0.15, -0.1) is 0 Å². The van der Waals surface area contributed by atoms with Crippen molar-refractivity contribution in [2.75, 3.05) is 17.4 Å². The molecule has 2 N–H and O–H groups in total. The predicted octanol–water partition coefficient (Wildman–Crippen LogP) is 1.33. The molecule has 0 saturated heterocycles. The first-order chi connectivity index (χ1) is 7.93. The van der Waals surface area contributed by atoms with Crippen molar-refractivity contribution < 1.29 is 12.8 Å². The minimum Gasteiger partial charge on any atom is -0.329 e. The van der Waals surface area contributed by atoms with E-state index in [2.05, 4.69) is 0 Å². The molecular formula is C11H17FN2O2S. The first kappa shape index (κ1) is 13.9. The molecule has 0 heterocycles. The van der Waals surface area contributed by atoms with Gasteiger partial charge in [-0.25, -0.2) is 12.8 Å². The van der Waals surface area contributed by atoms with Crippen molar-refractivity contribution in [1.29, 1.82) is 0 Å². The number of benzene rings is 1. The number of halogens is 1. The van der Waals surface area contributed by atoms with Crippen LogP contribution in [-0.2, 0) is 10.0 Å². The minimum atomic E-state index is -3.53. The highest BCUT2D eigenvalue weighted by Crippen LogP contribution is 2.21. The van der Waals surface area contributed by atoms with Crippen LogP contribution in [0.15, 0.2) is 24.3 Å². The molecule has 17 heavy (non-hydrogen) atoms. The summed E-state index contributed by atoms with van der Waals surface area (Å²) in [5.41, 5.74) is 5.71. The Morgan fingerprint density at radius 2 is 2.12 bits per heavy atom. The van der Waals surface area contributed by atoms with Gasteiger partial charge in [0.1, 0.15) is 5.82 Å². The lowest BCUT2D eigenvalue weighted by Gasteiger charge is -2.25. The van der Waals surface area contributed by atoms with Crippen LogP contribution in [0, 0.1) is 5.82 Å². The van der Waals surface area contributed by atoms with Crippen molar-refractivity contribution in [3.8, 4) is 0 Å². The molecule has 4 nitrogen and oxygen atoms in total. The van der Waals surface area contributed by atoms with Crippen molar-refractivity contribution in [3.63, 3.8) is 0 Å². The second-order valence-electron chi connectivity index (χ2n) is 3.74. The third-order valence-electron chi connectivity index (χ3n) is 2.53. The van der Waals surface area contributed by atoms with Crippen LogP contribution in [0.1, 0.15) is 13.8 Å². The Morgan fingerprint density at radius 3 is 2.59 bits per heavy atom. The Labute approximate surface area is 101 Å². The number of sulfonamides is 1. The number of hydrogen-bond acceptors (Lipinski definition) is 3. The number of anilines is 1. The van der Waals surface area contributed by atoms with E-state index < -0.39 is 21.1 Å². The lowest BCUT2D eigenvalue weighted by Crippen LogP contribution is -2.40. The molecule has 1 aromatic rings. The number of nitrogens with zero attached hydrogens (tertiary/aromatic N) is 1. The summed E-state index contributed by atoms with van der Waals surface area (Å²) in [6, 6.07) is 5.52. The van der Waals surface area contributed by atoms with Gasteiger partial charge in [0.25, 0.3) is 0 Å². The lowest BCUT2D eigenvalue weighted by molar-refractivity contribution is 0.579. The molecule has 0 aliphatic rings. The molecule has 1 aromatic carbocycles. The summed E-state index contributed by atoms with van der Waals surface area (Å²) in [6.45, 7) is 3.52. The zero-order chi connectivity index (χ0) is 13.1. The number of rotatable bonds is 5. The molecule has 96 valence electrons. The monoisotopic (exact) mass is 260 g/mol. The molecule has 6 heteroatoms. The first-order valence-electron chi connectivity index (χ1n) is 5.40. The van der Waals surface area contributed by atoms with Crippen molar-refractivity contribution in [3.05, 3.63) is 30.1 Å². The second kappa shape index (κ2) is 5.46. The Morgan fingerprint density at radius 1 is 1.47 bits per heavy atom. The fraction of sp³-hybridized carbons (Fsp3) is 0.455.